The summed E-state index contributed by atoms with van der Waals surface area (Å²) in [7, 11) is 0. The number of ether oxygens (including phenoxy) is 1. The second kappa shape index (κ2) is 3.76. The summed E-state index contributed by atoms with van der Waals surface area (Å²) >= 11 is 0. The lowest BCUT2D eigenvalue weighted by Gasteiger charge is -2.10. The van der Waals surface area contributed by atoms with Crippen molar-refractivity contribution in [1.82, 2.24) is 0 Å². The average molecular weight is 165 g/mol. The summed E-state index contributed by atoms with van der Waals surface area (Å²) in [4.78, 5) is 10.6. The standard InChI is InChI=1S/C9H11NO2/c1-7(9(10)11)12-8-5-3-2-4-6-8/h2-7H,1H3,(H2,10,11). The lowest BCUT2D eigenvalue weighted by Crippen LogP contribution is -2.30. The quantitative estimate of drug-likeness (QED) is 0.724. The van der Waals surface area contributed by atoms with Gasteiger partial charge in [-0.05, 0) is 19.1 Å². The van der Waals surface area contributed by atoms with Crippen molar-refractivity contribution in [2.24, 2.45) is 5.73 Å². The van der Waals surface area contributed by atoms with Gasteiger partial charge in [0.1, 0.15) is 5.75 Å². The Balaban J connectivity index is 2.58. The number of hydrogen-bond donors (Lipinski definition) is 1. The molecular weight excluding hydrogens is 154 g/mol. The van der Waals surface area contributed by atoms with E-state index in [9.17, 15) is 4.79 Å². The van der Waals surface area contributed by atoms with Crippen molar-refractivity contribution in [3.63, 3.8) is 0 Å². The molecule has 1 amide bonds. The lowest BCUT2D eigenvalue weighted by molar-refractivity contribution is -0.123. The predicted octanol–water partition coefficient (Wildman–Crippen LogP) is 0.939. The van der Waals surface area contributed by atoms with Crippen molar-refractivity contribution >= 4 is 5.91 Å². The summed E-state index contributed by atoms with van der Waals surface area (Å²) in [6, 6.07) is 9.10. The molecule has 1 atom stereocenters. The van der Waals surface area contributed by atoms with Crippen LogP contribution in [0.1, 0.15) is 6.92 Å². The third-order valence-corrected chi connectivity index (χ3v) is 1.46. The number of rotatable bonds is 3. The first-order valence-corrected chi connectivity index (χ1v) is 3.71. The van der Waals surface area contributed by atoms with Crippen LogP contribution in [-0.4, -0.2) is 12.0 Å². The molecule has 0 saturated carbocycles. The fourth-order valence-corrected chi connectivity index (χ4v) is 0.761. The summed E-state index contributed by atoms with van der Waals surface area (Å²) in [5.41, 5.74) is 5.02. The Kier molecular flexibility index (Phi) is 2.69. The van der Waals surface area contributed by atoms with Crippen molar-refractivity contribution in [3.05, 3.63) is 30.3 Å². The summed E-state index contributed by atoms with van der Waals surface area (Å²) in [5, 5.41) is 0. The van der Waals surface area contributed by atoms with Gasteiger partial charge in [0.15, 0.2) is 6.10 Å². The van der Waals surface area contributed by atoms with Crippen LogP contribution in [0.25, 0.3) is 0 Å². The molecule has 0 radical (unpaired) electrons. The van der Waals surface area contributed by atoms with Crippen molar-refractivity contribution in [2.45, 2.75) is 13.0 Å². The van der Waals surface area contributed by atoms with E-state index in [1.165, 1.54) is 0 Å². The van der Waals surface area contributed by atoms with E-state index in [4.69, 9.17) is 10.5 Å². The summed E-state index contributed by atoms with van der Waals surface area (Å²) in [6.07, 6.45) is -0.576. The topological polar surface area (TPSA) is 52.3 Å². The maximum Gasteiger partial charge on any atom is 0.258 e. The predicted molar refractivity (Wildman–Crippen MR) is 45.7 cm³/mol. The summed E-state index contributed by atoms with van der Waals surface area (Å²) < 4.78 is 5.20. The molecular formula is C9H11NO2. The zero-order valence-electron chi connectivity index (χ0n) is 6.86. The second-order valence-corrected chi connectivity index (χ2v) is 2.48. The van der Waals surface area contributed by atoms with Gasteiger partial charge in [0.2, 0.25) is 0 Å². The first-order valence-electron chi connectivity index (χ1n) is 3.71. The zero-order valence-corrected chi connectivity index (χ0v) is 6.86. The van der Waals surface area contributed by atoms with Gasteiger partial charge in [0.25, 0.3) is 5.91 Å². The van der Waals surface area contributed by atoms with Crippen molar-refractivity contribution < 1.29 is 9.53 Å². The van der Waals surface area contributed by atoms with Gasteiger partial charge in [0.05, 0.1) is 0 Å². The molecule has 3 nitrogen and oxygen atoms in total. The van der Waals surface area contributed by atoms with Crippen LogP contribution in [0.3, 0.4) is 0 Å². The van der Waals surface area contributed by atoms with Crippen LogP contribution < -0.4 is 10.5 Å². The van der Waals surface area contributed by atoms with Gasteiger partial charge in [-0.2, -0.15) is 0 Å². The van der Waals surface area contributed by atoms with Crippen molar-refractivity contribution in [2.75, 3.05) is 0 Å². The largest absolute Gasteiger partial charge is 0.481 e. The van der Waals surface area contributed by atoms with Gasteiger partial charge in [0, 0.05) is 0 Å². The molecule has 2 N–H and O–H groups in total. The maximum absolute atomic E-state index is 10.6. The number of carbonyl (C=O) groups is 1. The van der Waals surface area contributed by atoms with Crippen LogP contribution in [0, 0.1) is 0 Å². The number of amides is 1. The number of nitrogens with two attached hydrogens (primary N) is 1. The minimum atomic E-state index is -0.576. The Morgan fingerprint density at radius 2 is 2.00 bits per heavy atom. The van der Waals surface area contributed by atoms with Crippen LogP contribution in [0.5, 0.6) is 5.75 Å². The molecule has 3 heteroatoms. The highest BCUT2D eigenvalue weighted by Crippen LogP contribution is 2.10. The van der Waals surface area contributed by atoms with E-state index in [0.29, 0.717) is 5.75 Å². The molecule has 1 aromatic rings. The van der Waals surface area contributed by atoms with E-state index in [1.807, 2.05) is 18.2 Å². The average Bonchev–Trinajstić information content (AvgIpc) is 2.06. The van der Waals surface area contributed by atoms with Gasteiger partial charge >= 0.3 is 0 Å². The molecule has 64 valence electrons. The molecule has 1 unspecified atom stereocenters. The van der Waals surface area contributed by atoms with Gasteiger partial charge in [-0.15, -0.1) is 0 Å². The third kappa shape index (κ3) is 2.27. The fraction of sp³-hybridized carbons (Fsp3) is 0.222. The first kappa shape index (κ1) is 8.59. The monoisotopic (exact) mass is 165 g/mol. The molecule has 0 aliphatic rings. The Morgan fingerprint density at radius 1 is 1.42 bits per heavy atom. The van der Waals surface area contributed by atoms with Crippen LogP contribution in [0.15, 0.2) is 30.3 Å². The van der Waals surface area contributed by atoms with E-state index in [1.54, 1.807) is 19.1 Å². The number of carbonyl (C=O) groups excluding carboxylic acids is 1. The molecule has 0 fully saturated rings. The molecule has 0 aromatic heterocycles. The zero-order chi connectivity index (χ0) is 8.97. The van der Waals surface area contributed by atoms with E-state index in [2.05, 4.69) is 0 Å². The second-order valence-electron chi connectivity index (χ2n) is 2.48. The van der Waals surface area contributed by atoms with Gasteiger partial charge in [-0.3, -0.25) is 4.79 Å². The number of primary amides is 1. The molecule has 0 spiro atoms. The molecule has 0 heterocycles. The first-order chi connectivity index (χ1) is 5.70. The normalized spacial score (nSPS) is 12.1. The molecule has 12 heavy (non-hydrogen) atoms. The van der Waals surface area contributed by atoms with Crippen LogP contribution in [-0.2, 0) is 4.79 Å². The van der Waals surface area contributed by atoms with Gasteiger partial charge in [-0.1, -0.05) is 18.2 Å². The number of benzene rings is 1. The van der Waals surface area contributed by atoms with Crippen LogP contribution in [0.2, 0.25) is 0 Å². The van der Waals surface area contributed by atoms with E-state index >= 15 is 0 Å². The van der Waals surface area contributed by atoms with Gasteiger partial charge < -0.3 is 10.5 Å². The van der Waals surface area contributed by atoms with E-state index < -0.39 is 12.0 Å². The summed E-state index contributed by atoms with van der Waals surface area (Å²) in [6.45, 7) is 1.62. The lowest BCUT2D eigenvalue weighted by atomic mass is 10.3. The highest BCUT2D eigenvalue weighted by molar-refractivity contribution is 5.78. The molecule has 0 aliphatic heterocycles. The maximum atomic E-state index is 10.6. The third-order valence-electron chi connectivity index (χ3n) is 1.46. The molecule has 0 aliphatic carbocycles. The Hall–Kier alpha value is -1.51. The molecule has 0 saturated heterocycles. The SMILES string of the molecule is CC(Oc1ccccc1)C(N)=O. The molecule has 1 rings (SSSR count). The Morgan fingerprint density at radius 3 is 2.50 bits per heavy atom. The van der Waals surface area contributed by atoms with E-state index in [-0.39, 0.29) is 0 Å². The van der Waals surface area contributed by atoms with Gasteiger partial charge in [-0.25, -0.2) is 0 Å². The number of hydrogen-bond acceptors (Lipinski definition) is 2. The highest BCUT2D eigenvalue weighted by Gasteiger charge is 2.08. The fourth-order valence-electron chi connectivity index (χ4n) is 0.761. The highest BCUT2D eigenvalue weighted by atomic mass is 16.5. The minimum Gasteiger partial charge on any atom is -0.481 e. The Labute approximate surface area is 71.1 Å². The molecule has 1 aromatic carbocycles. The minimum absolute atomic E-state index is 0.459. The summed E-state index contributed by atoms with van der Waals surface area (Å²) in [5.74, 6) is 0.197. The van der Waals surface area contributed by atoms with Crippen molar-refractivity contribution in [1.29, 1.82) is 0 Å². The Bertz CT molecular complexity index is 258. The van der Waals surface area contributed by atoms with Crippen LogP contribution >= 0.6 is 0 Å². The van der Waals surface area contributed by atoms with Crippen molar-refractivity contribution in [3.8, 4) is 5.75 Å². The smallest absolute Gasteiger partial charge is 0.258 e. The number of para-hydroxylation sites is 1. The molecule has 0 bridgehead atoms. The van der Waals surface area contributed by atoms with Crippen LogP contribution in [0.4, 0.5) is 0 Å². The van der Waals surface area contributed by atoms with E-state index in [0.717, 1.165) is 0 Å².